The van der Waals surface area contributed by atoms with Gasteiger partial charge in [-0.1, -0.05) is 30.3 Å². The summed E-state index contributed by atoms with van der Waals surface area (Å²) in [6.07, 6.45) is 0. The molecule has 1 rings (SSSR count). The highest BCUT2D eigenvalue weighted by atomic mass is 19.3. The molecule has 4 heteroatoms. The molecule has 0 aliphatic rings. The smallest absolute Gasteiger partial charge is 0.254 e. The molecule has 0 saturated carbocycles. The Morgan fingerprint density at radius 1 is 1.17 bits per heavy atom. The molecule has 0 amide bonds. The van der Waals surface area contributed by atoms with Gasteiger partial charge in [0, 0.05) is 5.56 Å². The van der Waals surface area contributed by atoms with Gasteiger partial charge in [-0.05, 0) is 0 Å². The lowest BCUT2D eigenvalue weighted by atomic mass is 10.1. The predicted molar refractivity (Wildman–Crippen MR) is 36.5 cm³/mol. The van der Waals surface area contributed by atoms with Gasteiger partial charge in [-0.15, -0.1) is 0 Å². The van der Waals surface area contributed by atoms with Crippen LogP contribution in [0.5, 0.6) is 0 Å². The SMILES string of the molecule is O=C(F)C(F)(F)c1ccccc1. The summed E-state index contributed by atoms with van der Waals surface area (Å²) in [5.74, 6) is -4.01. The van der Waals surface area contributed by atoms with Gasteiger partial charge in [0.25, 0.3) is 0 Å². The van der Waals surface area contributed by atoms with E-state index in [1.165, 1.54) is 18.2 Å². The second-order valence-electron chi connectivity index (χ2n) is 2.21. The molecule has 1 aromatic carbocycles. The number of halogens is 3. The zero-order valence-electron chi connectivity index (χ0n) is 5.93. The topological polar surface area (TPSA) is 17.1 Å². The van der Waals surface area contributed by atoms with E-state index in [1.54, 1.807) is 0 Å². The van der Waals surface area contributed by atoms with Crippen LogP contribution >= 0.6 is 0 Å². The minimum Gasteiger partial charge on any atom is -0.254 e. The monoisotopic (exact) mass is 174 g/mol. The van der Waals surface area contributed by atoms with Crippen LogP contribution in [0, 0.1) is 0 Å². The van der Waals surface area contributed by atoms with E-state index in [1.807, 2.05) is 0 Å². The molecule has 0 heterocycles. The average molecular weight is 174 g/mol. The Balaban J connectivity index is 3.06. The fourth-order valence-corrected chi connectivity index (χ4v) is 0.761. The average Bonchev–Trinajstić information content (AvgIpc) is 2.06. The van der Waals surface area contributed by atoms with E-state index in [-0.39, 0.29) is 0 Å². The van der Waals surface area contributed by atoms with Gasteiger partial charge in [-0.2, -0.15) is 13.2 Å². The molecule has 0 aromatic heterocycles. The second-order valence-corrected chi connectivity index (χ2v) is 2.21. The van der Waals surface area contributed by atoms with E-state index < -0.39 is 17.5 Å². The van der Waals surface area contributed by atoms with Crippen molar-refractivity contribution in [2.24, 2.45) is 0 Å². The quantitative estimate of drug-likeness (QED) is 0.628. The zero-order chi connectivity index (χ0) is 9.19. The first-order valence-electron chi connectivity index (χ1n) is 3.18. The second kappa shape index (κ2) is 2.97. The van der Waals surface area contributed by atoms with Crippen LogP contribution in [0.3, 0.4) is 0 Å². The number of hydrogen-bond donors (Lipinski definition) is 0. The van der Waals surface area contributed by atoms with Crippen molar-refractivity contribution in [2.75, 3.05) is 0 Å². The third kappa shape index (κ3) is 1.47. The Morgan fingerprint density at radius 2 is 1.67 bits per heavy atom. The molecule has 1 nitrogen and oxygen atoms in total. The summed E-state index contributed by atoms with van der Waals surface area (Å²) >= 11 is 0. The van der Waals surface area contributed by atoms with Gasteiger partial charge in [-0.3, -0.25) is 4.79 Å². The lowest BCUT2D eigenvalue weighted by Crippen LogP contribution is -2.21. The van der Waals surface area contributed by atoms with E-state index in [9.17, 15) is 18.0 Å². The summed E-state index contributed by atoms with van der Waals surface area (Å²) in [4.78, 5) is 9.85. The molecular formula is C8H5F3O. The maximum atomic E-state index is 12.6. The van der Waals surface area contributed by atoms with E-state index in [0.717, 1.165) is 12.1 Å². The third-order valence-electron chi connectivity index (χ3n) is 1.38. The summed E-state index contributed by atoms with van der Waals surface area (Å²) in [5.41, 5.74) is -0.627. The van der Waals surface area contributed by atoms with Crippen molar-refractivity contribution in [3.63, 3.8) is 0 Å². The molecule has 64 valence electrons. The fraction of sp³-hybridized carbons (Fsp3) is 0.125. The van der Waals surface area contributed by atoms with Crippen molar-refractivity contribution in [3.05, 3.63) is 35.9 Å². The molecule has 0 aliphatic carbocycles. The Hall–Kier alpha value is -1.32. The molecule has 0 bridgehead atoms. The molecule has 0 saturated heterocycles. The van der Waals surface area contributed by atoms with Gasteiger partial charge in [-0.25, -0.2) is 0 Å². The van der Waals surface area contributed by atoms with Crippen molar-refractivity contribution in [1.82, 2.24) is 0 Å². The maximum Gasteiger partial charge on any atom is 0.375 e. The van der Waals surface area contributed by atoms with Crippen LogP contribution in [0.15, 0.2) is 30.3 Å². The Bertz CT molecular complexity index is 282. The van der Waals surface area contributed by atoms with Gasteiger partial charge in [0.15, 0.2) is 0 Å². The molecule has 0 fully saturated rings. The highest BCUT2D eigenvalue weighted by molar-refractivity contribution is 5.78. The van der Waals surface area contributed by atoms with Crippen LogP contribution in [0.25, 0.3) is 0 Å². The minimum absolute atomic E-state index is 0.627. The van der Waals surface area contributed by atoms with E-state index in [0.29, 0.717) is 0 Å². The summed E-state index contributed by atoms with van der Waals surface area (Å²) in [5, 5.41) is 0. The minimum atomic E-state index is -4.01. The molecule has 0 aliphatic heterocycles. The van der Waals surface area contributed by atoms with Crippen LogP contribution in [0.2, 0.25) is 0 Å². The standard InChI is InChI=1S/C8H5F3O/c9-7(12)8(10,11)6-4-2-1-3-5-6/h1-5H. The summed E-state index contributed by atoms with van der Waals surface area (Å²) in [6, 6.07) is 3.49. The van der Waals surface area contributed by atoms with Crippen LogP contribution in [0.4, 0.5) is 13.2 Å². The summed E-state index contributed by atoms with van der Waals surface area (Å²) in [7, 11) is 0. The highest BCUT2D eigenvalue weighted by Gasteiger charge is 2.40. The van der Waals surface area contributed by atoms with Crippen molar-refractivity contribution >= 4 is 6.04 Å². The molecule has 1 aromatic rings. The molecule has 0 radical (unpaired) electrons. The number of alkyl halides is 2. The lowest BCUT2D eigenvalue weighted by Gasteiger charge is -2.09. The Kier molecular flexibility index (Phi) is 2.17. The molecule has 0 N–H and O–H groups in total. The third-order valence-corrected chi connectivity index (χ3v) is 1.38. The first-order valence-corrected chi connectivity index (χ1v) is 3.18. The number of hydrogen-bond acceptors (Lipinski definition) is 1. The molecule has 12 heavy (non-hydrogen) atoms. The maximum absolute atomic E-state index is 12.6. The van der Waals surface area contributed by atoms with Crippen molar-refractivity contribution in [1.29, 1.82) is 0 Å². The van der Waals surface area contributed by atoms with E-state index in [4.69, 9.17) is 0 Å². The van der Waals surface area contributed by atoms with Crippen molar-refractivity contribution < 1.29 is 18.0 Å². The normalized spacial score (nSPS) is 11.2. The largest absolute Gasteiger partial charge is 0.375 e. The van der Waals surface area contributed by atoms with E-state index >= 15 is 0 Å². The molecule has 0 atom stereocenters. The number of carbonyl (C=O) groups excluding carboxylic acids is 1. The van der Waals surface area contributed by atoms with Crippen LogP contribution in [-0.2, 0) is 10.7 Å². The first kappa shape index (κ1) is 8.77. The summed E-state index contributed by atoms with van der Waals surface area (Å²) in [6.45, 7) is 0. The Morgan fingerprint density at radius 3 is 2.08 bits per heavy atom. The molecular weight excluding hydrogens is 169 g/mol. The van der Waals surface area contributed by atoms with Crippen molar-refractivity contribution in [3.8, 4) is 0 Å². The zero-order valence-corrected chi connectivity index (χ0v) is 5.93. The van der Waals surface area contributed by atoms with Crippen LogP contribution < -0.4 is 0 Å². The van der Waals surface area contributed by atoms with Crippen LogP contribution in [-0.4, -0.2) is 6.04 Å². The predicted octanol–water partition coefficient (Wildman–Crippen LogP) is 2.27. The van der Waals surface area contributed by atoms with Crippen molar-refractivity contribution in [2.45, 2.75) is 5.92 Å². The number of rotatable bonds is 2. The molecule has 0 spiro atoms. The summed E-state index contributed by atoms with van der Waals surface area (Å²) < 4.78 is 36.9. The number of benzene rings is 1. The Labute approximate surface area is 66.8 Å². The lowest BCUT2D eigenvalue weighted by molar-refractivity contribution is -0.157. The van der Waals surface area contributed by atoms with Gasteiger partial charge >= 0.3 is 12.0 Å². The molecule has 0 unspecified atom stereocenters. The van der Waals surface area contributed by atoms with Gasteiger partial charge in [0.05, 0.1) is 0 Å². The van der Waals surface area contributed by atoms with Gasteiger partial charge in [0.1, 0.15) is 0 Å². The number of carbonyl (C=O) groups is 1. The highest BCUT2D eigenvalue weighted by Crippen LogP contribution is 2.28. The fourth-order valence-electron chi connectivity index (χ4n) is 0.761. The van der Waals surface area contributed by atoms with Crippen LogP contribution in [0.1, 0.15) is 5.56 Å². The van der Waals surface area contributed by atoms with E-state index in [2.05, 4.69) is 0 Å². The first-order chi connectivity index (χ1) is 5.55. The van der Waals surface area contributed by atoms with Gasteiger partial charge < -0.3 is 0 Å². The van der Waals surface area contributed by atoms with Gasteiger partial charge in [0.2, 0.25) is 0 Å².